The van der Waals surface area contributed by atoms with E-state index in [0.717, 1.165) is 6.07 Å². The van der Waals surface area contributed by atoms with E-state index < -0.39 is 48.4 Å². The maximum absolute atomic E-state index is 15.0. The number of hydrogen-bond acceptors (Lipinski definition) is 10. The van der Waals surface area contributed by atoms with Crippen molar-refractivity contribution in [1.82, 2.24) is 24.8 Å². The fraction of sp³-hybridized carbons (Fsp3) is 0.375. The van der Waals surface area contributed by atoms with Crippen molar-refractivity contribution in [2.75, 3.05) is 18.2 Å². The number of carbonyl (C=O) groups is 4. The Morgan fingerprint density at radius 3 is 2.76 bits per heavy atom. The van der Waals surface area contributed by atoms with Crippen molar-refractivity contribution in [3.05, 3.63) is 54.4 Å². The number of ketones is 1. The number of anilines is 1. The summed E-state index contributed by atoms with van der Waals surface area (Å²) in [5, 5.41) is 12.1. The van der Waals surface area contributed by atoms with E-state index >= 15 is 0 Å². The van der Waals surface area contributed by atoms with Crippen LogP contribution in [0.15, 0.2) is 42.9 Å². The molecular formula is C24H25FN6O7. The molecule has 0 radical (unpaired) electrons. The highest BCUT2D eigenvalue weighted by molar-refractivity contribution is 5.98. The van der Waals surface area contributed by atoms with E-state index in [1.54, 1.807) is 36.3 Å². The zero-order valence-corrected chi connectivity index (χ0v) is 20.7. The molecule has 200 valence electrons. The van der Waals surface area contributed by atoms with E-state index in [4.69, 9.17) is 14.2 Å². The summed E-state index contributed by atoms with van der Waals surface area (Å²) >= 11 is 0. The van der Waals surface area contributed by atoms with Crippen LogP contribution in [0.25, 0.3) is 5.69 Å². The third-order valence-electron chi connectivity index (χ3n) is 5.77. The van der Waals surface area contributed by atoms with Gasteiger partial charge in [0.2, 0.25) is 6.79 Å². The second-order valence-corrected chi connectivity index (χ2v) is 8.46. The Morgan fingerprint density at radius 1 is 1.26 bits per heavy atom. The van der Waals surface area contributed by atoms with Crippen molar-refractivity contribution in [1.29, 1.82) is 0 Å². The number of ether oxygens (including phenoxy) is 3. The Hall–Kier alpha value is -4.62. The number of nitrogens with zero attached hydrogens (tertiary/aromatic N) is 6. The minimum atomic E-state index is -1.23. The molecule has 14 heteroatoms. The molecule has 1 aromatic carbocycles. The number of carbonyl (C=O) groups excluding carboxylic acids is 4. The normalized spacial score (nSPS) is 15.7. The van der Waals surface area contributed by atoms with E-state index in [0.29, 0.717) is 12.2 Å². The van der Waals surface area contributed by atoms with Crippen LogP contribution in [0.4, 0.5) is 14.9 Å². The van der Waals surface area contributed by atoms with E-state index in [2.05, 4.69) is 15.4 Å². The van der Waals surface area contributed by atoms with Gasteiger partial charge in [-0.25, -0.2) is 13.9 Å². The topological polar surface area (TPSA) is 148 Å². The molecule has 1 aliphatic rings. The zero-order valence-electron chi connectivity index (χ0n) is 20.7. The highest BCUT2D eigenvalue weighted by Crippen LogP contribution is 2.28. The zero-order chi connectivity index (χ0) is 27.2. The summed E-state index contributed by atoms with van der Waals surface area (Å²) in [6.45, 7) is 2.52. The monoisotopic (exact) mass is 528 g/mol. The molecule has 3 aromatic rings. The number of hydrogen-bond donors (Lipinski definition) is 0. The Kier molecular flexibility index (Phi) is 8.09. The van der Waals surface area contributed by atoms with Gasteiger partial charge in [0, 0.05) is 25.2 Å². The van der Waals surface area contributed by atoms with E-state index in [-0.39, 0.29) is 30.8 Å². The predicted molar refractivity (Wildman–Crippen MR) is 126 cm³/mol. The molecule has 13 nitrogen and oxygen atoms in total. The molecule has 2 atom stereocenters. The average Bonchev–Trinajstić information content (AvgIpc) is 3.64. The summed E-state index contributed by atoms with van der Waals surface area (Å²) in [5.74, 6) is -3.83. The predicted octanol–water partition coefficient (Wildman–Crippen LogP) is 2.03. The summed E-state index contributed by atoms with van der Waals surface area (Å²) in [6, 6.07) is 5.91. The van der Waals surface area contributed by atoms with Crippen molar-refractivity contribution in [2.45, 2.75) is 39.3 Å². The van der Waals surface area contributed by atoms with Gasteiger partial charge < -0.3 is 14.2 Å². The fourth-order valence-corrected chi connectivity index (χ4v) is 3.80. The number of Topliss-reactive ketones (excluding diaryl/α,β-unsaturated/α-hetero) is 1. The van der Waals surface area contributed by atoms with Crippen molar-refractivity contribution < 1.29 is 37.8 Å². The summed E-state index contributed by atoms with van der Waals surface area (Å²) < 4.78 is 32.8. The van der Waals surface area contributed by atoms with Gasteiger partial charge in [-0.3, -0.25) is 24.0 Å². The quantitative estimate of drug-likeness (QED) is 0.206. The van der Waals surface area contributed by atoms with E-state index in [1.165, 1.54) is 28.6 Å². The second kappa shape index (κ2) is 11.6. The molecule has 0 N–H and O–H groups in total. The van der Waals surface area contributed by atoms with Crippen LogP contribution in [-0.4, -0.2) is 68.0 Å². The molecule has 38 heavy (non-hydrogen) atoms. The van der Waals surface area contributed by atoms with Crippen LogP contribution in [-0.2, 0) is 35.1 Å². The van der Waals surface area contributed by atoms with Gasteiger partial charge in [-0.2, -0.15) is 5.10 Å². The molecule has 1 aliphatic heterocycles. The van der Waals surface area contributed by atoms with Gasteiger partial charge in [0.05, 0.1) is 25.0 Å². The first kappa shape index (κ1) is 26.4. The van der Waals surface area contributed by atoms with Crippen molar-refractivity contribution in [3.63, 3.8) is 0 Å². The van der Waals surface area contributed by atoms with Crippen LogP contribution >= 0.6 is 0 Å². The Bertz CT molecular complexity index is 1330. The molecular weight excluding hydrogens is 503 g/mol. The number of amides is 1. The van der Waals surface area contributed by atoms with Crippen LogP contribution in [0.5, 0.6) is 0 Å². The molecule has 0 spiro atoms. The van der Waals surface area contributed by atoms with Gasteiger partial charge in [0.25, 0.3) is 0 Å². The number of halogens is 1. The standard InChI is InChI=1S/C24H25FN6O7/c1-3-22(33)36-14-37-23(34)19(15(2)32)10-18-13-30(24(35)38-18)17-5-6-21(20(25)9-17)31-12-16(27-28-31)11-29-8-4-7-26-29/h4-9,12,18-19H,3,10-11,13-14H2,1-2H3/t18-,19?/m0/s1. The van der Waals surface area contributed by atoms with Crippen LogP contribution in [0, 0.1) is 11.7 Å². The first-order valence-corrected chi connectivity index (χ1v) is 11.7. The molecule has 4 rings (SSSR count). The Labute approximate surface area is 216 Å². The summed E-state index contributed by atoms with van der Waals surface area (Å²) in [7, 11) is 0. The van der Waals surface area contributed by atoms with E-state index in [9.17, 15) is 23.6 Å². The lowest BCUT2D eigenvalue weighted by molar-refractivity contribution is -0.171. The van der Waals surface area contributed by atoms with Gasteiger partial charge in [0.1, 0.15) is 29.2 Å². The minimum Gasteiger partial charge on any atom is -0.444 e. The first-order chi connectivity index (χ1) is 18.2. The van der Waals surface area contributed by atoms with Gasteiger partial charge in [-0.15, -0.1) is 5.10 Å². The lowest BCUT2D eigenvalue weighted by Crippen LogP contribution is -2.31. The number of benzene rings is 1. The third kappa shape index (κ3) is 6.19. The number of rotatable bonds is 11. The molecule has 0 bridgehead atoms. The van der Waals surface area contributed by atoms with Crippen molar-refractivity contribution >= 4 is 29.5 Å². The molecule has 1 fully saturated rings. The number of aromatic nitrogens is 5. The third-order valence-corrected chi connectivity index (χ3v) is 5.77. The SMILES string of the molecule is CCC(=O)OCOC(=O)C(C[C@H]1CN(c2ccc(-n3cc(Cn4cccn4)nn3)c(F)c2)C(=O)O1)C(C)=O. The highest BCUT2D eigenvalue weighted by Gasteiger charge is 2.38. The second-order valence-electron chi connectivity index (χ2n) is 8.46. The van der Waals surface area contributed by atoms with Gasteiger partial charge in [-0.1, -0.05) is 12.1 Å². The molecule has 1 unspecified atom stereocenters. The fourth-order valence-electron chi connectivity index (χ4n) is 3.80. The lowest BCUT2D eigenvalue weighted by Gasteiger charge is -2.17. The molecule has 1 amide bonds. The Balaban J connectivity index is 1.39. The maximum Gasteiger partial charge on any atom is 0.414 e. The average molecular weight is 528 g/mol. The largest absolute Gasteiger partial charge is 0.444 e. The van der Waals surface area contributed by atoms with Crippen LogP contribution in [0.1, 0.15) is 32.4 Å². The van der Waals surface area contributed by atoms with Gasteiger partial charge >= 0.3 is 18.0 Å². The molecule has 0 aliphatic carbocycles. The number of esters is 2. The van der Waals surface area contributed by atoms with Gasteiger partial charge in [0.15, 0.2) is 5.82 Å². The summed E-state index contributed by atoms with van der Waals surface area (Å²) in [5.41, 5.74) is 0.925. The first-order valence-electron chi connectivity index (χ1n) is 11.7. The highest BCUT2D eigenvalue weighted by atomic mass is 19.1. The van der Waals surface area contributed by atoms with Crippen LogP contribution in [0.3, 0.4) is 0 Å². The minimum absolute atomic E-state index is 0.0170. The van der Waals surface area contributed by atoms with Crippen LogP contribution in [0.2, 0.25) is 0 Å². The molecule has 3 heterocycles. The maximum atomic E-state index is 15.0. The molecule has 1 saturated heterocycles. The van der Waals surface area contributed by atoms with Crippen LogP contribution < -0.4 is 4.90 Å². The van der Waals surface area contributed by atoms with Gasteiger partial charge in [-0.05, 0) is 31.2 Å². The van der Waals surface area contributed by atoms with E-state index in [1.807, 2.05) is 0 Å². The van der Waals surface area contributed by atoms with Crippen molar-refractivity contribution in [2.24, 2.45) is 5.92 Å². The lowest BCUT2D eigenvalue weighted by atomic mass is 9.97. The molecule has 0 saturated carbocycles. The summed E-state index contributed by atoms with van der Waals surface area (Å²) in [6.07, 6.45) is 3.36. The summed E-state index contributed by atoms with van der Waals surface area (Å²) in [4.78, 5) is 49.2. The number of cyclic esters (lactones) is 1. The van der Waals surface area contributed by atoms with Crippen molar-refractivity contribution in [3.8, 4) is 5.69 Å². The Morgan fingerprint density at radius 2 is 2.08 bits per heavy atom. The smallest absolute Gasteiger partial charge is 0.414 e. The molecule has 2 aromatic heterocycles.